The molecule has 19 heavy (non-hydrogen) atoms. The van der Waals surface area contributed by atoms with E-state index >= 15 is 0 Å². The molecule has 0 fully saturated rings. The van der Waals surface area contributed by atoms with Crippen molar-refractivity contribution in [2.75, 3.05) is 11.1 Å². The summed E-state index contributed by atoms with van der Waals surface area (Å²) in [5.74, 6) is -0.626. The van der Waals surface area contributed by atoms with E-state index in [4.69, 9.17) is 5.73 Å². The number of carbonyl (C=O) groups excluding carboxylic acids is 1. The van der Waals surface area contributed by atoms with Crippen LogP contribution in [0.2, 0.25) is 0 Å². The van der Waals surface area contributed by atoms with Crippen LogP contribution in [-0.4, -0.2) is 5.91 Å². The fraction of sp³-hybridized carbons (Fsp3) is 0.0714. The number of nitrogens with two attached hydrogens (primary N) is 1. The van der Waals surface area contributed by atoms with Crippen molar-refractivity contribution >= 4 is 33.2 Å². The van der Waals surface area contributed by atoms with Gasteiger partial charge in [0.05, 0.1) is 5.69 Å². The molecule has 2 aromatic rings. The summed E-state index contributed by atoms with van der Waals surface area (Å²) < 4.78 is 13.8. The van der Waals surface area contributed by atoms with E-state index in [2.05, 4.69) is 21.2 Å². The van der Waals surface area contributed by atoms with Crippen LogP contribution >= 0.6 is 15.9 Å². The third-order valence-electron chi connectivity index (χ3n) is 2.66. The molecule has 0 saturated heterocycles. The lowest BCUT2D eigenvalue weighted by atomic mass is 10.1. The molecule has 0 aromatic heterocycles. The van der Waals surface area contributed by atoms with Gasteiger partial charge in [0.25, 0.3) is 5.91 Å². The maximum Gasteiger partial charge on any atom is 0.255 e. The molecule has 0 aliphatic carbocycles. The van der Waals surface area contributed by atoms with Gasteiger partial charge in [0.2, 0.25) is 0 Å². The van der Waals surface area contributed by atoms with Gasteiger partial charge in [-0.25, -0.2) is 4.39 Å². The number of hydrogen-bond acceptors (Lipinski definition) is 2. The molecule has 1 amide bonds. The fourth-order valence-corrected chi connectivity index (χ4v) is 2.11. The molecule has 0 aliphatic heterocycles. The summed E-state index contributed by atoms with van der Waals surface area (Å²) in [4.78, 5) is 12.0. The van der Waals surface area contributed by atoms with E-state index in [0.29, 0.717) is 27.0 Å². The second-order valence-electron chi connectivity index (χ2n) is 4.16. The van der Waals surface area contributed by atoms with Gasteiger partial charge in [-0.1, -0.05) is 0 Å². The average molecular weight is 323 g/mol. The predicted molar refractivity (Wildman–Crippen MR) is 77.6 cm³/mol. The van der Waals surface area contributed by atoms with E-state index in [1.165, 1.54) is 18.2 Å². The number of rotatable bonds is 2. The van der Waals surface area contributed by atoms with Crippen molar-refractivity contribution in [2.24, 2.45) is 0 Å². The van der Waals surface area contributed by atoms with E-state index in [-0.39, 0.29) is 11.7 Å². The molecule has 0 bridgehead atoms. The van der Waals surface area contributed by atoms with Gasteiger partial charge in [0.15, 0.2) is 0 Å². The zero-order valence-electron chi connectivity index (χ0n) is 10.2. The van der Waals surface area contributed by atoms with Gasteiger partial charge in [0.1, 0.15) is 5.82 Å². The first-order valence-electron chi connectivity index (χ1n) is 5.60. The lowest BCUT2D eigenvalue weighted by Gasteiger charge is -2.08. The summed E-state index contributed by atoms with van der Waals surface area (Å²) in [7, 11) is 0. The van der Waals surface area contributed by atoms with Crippen molar-refractivity contribution in [3.63, 3.8) is 0 Å². The van der Waals surface area contributed by atoms with E-state index in [9.17, 15) is 9.18 Å². The molecule has 0 atom stereocenters. The second kappa shape index (κ2) is 5.40. The molecule has 2 rings (SSSR count). The normalized spacial score (nSPS) is 10.3. The third-order valence-corrected chi connectivity index (χ3v) is 3.32. The Hall–Kier alpha value is -1.88. The molecule has 98 valence electrons. The number of carbonyl (C=O) groups is 1. The van der Waals surface area contributed by atoms with Gasteiger partial charge in [0, 0.05) is 15.7 Å². The molecule has 0 aliphatic rings. The largest absolute Gasteiger partial charge is 0.399 e. The zero-order valence-corrected chi connectivity index (χ0v) is 11.8. The van der Waals surface area contributed by atoms with Crippen LogP contribution in [0.4, 0.5) is 15.8 Å². The first-order valence-corrected chi connectivity index (χ1v) is 6.39. The van der Waals surface area contributed by atoms with Crippen LogP contribution in [0.15, 0.2) is 40.9 Å². The van der Waals surface area contributed by atoms with Gasteiger partial charge in [-0.15, -0.1) is 0 Å². The van der Waals surface area contributed by atoms with Crippen LogP contribution in [0.1, 0.15) is 15.9 Å². The second-order valence-corrected chi connectivity index (χ2v) is 5.01. The number of aryl methyl sites for hydroxylation is 1. The van der Waals surface area contributed by atoms with Gasteiger partial charge in [-0.2, -0.15) is 0 Å². The van der Waals surface area contributed by atoms with E-state index in [1.807, 2.05) is 0 Å². The number of anilines is 2. The number of halogens is 2. The van der Waals surface area contributed by atoms with Crippen LogP contribution in [0, 0.1) is 12.7 Å². The van der Waals surface area contributed by atoms with Gasteiger partial charge >= 0.3 is 0 Å². The van der Waals surface area contributed by atoms with Crippen LogP contribution in [0.25, 0.3) is 0 Å². The summed E-state index contributed by atoms with van der Waals surface area (Å²) in [5.41, 5.74) is 7.67. The minimum Gasteiger partial charge on any atom is -0.399 e. The summed E-state index contributed by atoms with van der Waals surface area (Å²) >= 11 is 3.32. The molecule has 2 aromatic carbocycles. The Balaban J connectivity index is 2.23. The Morgan fingerprint density at radius 3 is 2.63 bits per heavy atom. The van der Waals surface area contributed by atoms with Crippen molar-refractivity contribution in [2.45, 2.75) is 6.92 Å². The molecule has 0 radical (unpaired) electrons. The third kappa shape index (κ3) is 3.12. The average Bonchev–Trinajstić information content (AvgIpc) is 2.36. The lowest BCUT2D eigenvalue weighted by Crippen LogP contribution is -2.12. The van der Waals surface area contributed by atoms with E-state index in [0.717, 1.165) is 0 Å². The Kier molecular flexibility index (Phi) is 3.85. The highest BCUT2D eigenvalue weighted by molar-refractivity contribution is 9.10. The SMILES string of the molecule is Cc1cc(C(=O)Nc2ccc(N)cc2Br)ccc1F. The van der Waals surface area contributed by atoms with Crippen molar-refractivity contribution in [3.05, 3.63) is 57.8 Å². The van der Waals surface area contributed by atoms with Gasteiger partial charge in [-0.3, -0.25) is 4.79 Å². The number of hydrogen-bond donors (Lipinski definition) is 2. The van der Waals surface area contributed by atoms with Crippen LogP contribution in [0.3, 0.4) is 0 Å². The van der Waals surface area contributed by atoms with E-state index in [1.54, 1.807) is 25.1 Å². The smallest absolute Gasteiger partial charge is 0.255 e. The highest BCUT2D eigenvalue weighted by atomic mass is 79.9. The Labute approximate surface area is 118 Å². The minimum absolute atomic E-state index is 0.298. The van der Waals surface area contributed by atoms with Crippen molar-refractivity contribution in [3.8, 4) is 0 Å². The molecule has 3 nitrogen and oxygen atoms in total. The Bertz CT molecular complexity index is 643. The quantitative estimate of drug-likeness (QED) is 0.828. The highest BCUT2D eigenvalue weighted by Gasteiger charge is 2.10. The van der Waals surface area contributed by atoms with Crippen LogP contribution < -0.4 is 11.1 Å². The lowest BCUT2D eigenvalue weighted by molar-refractivity contribution is 0.102. The summed E-state index contributed by atoms with van der Waals surface area (Å²) in [6.45, 7) is 1.62. The number of amides is 1. The Morgan fingerprint density at radius 1 is 1.26 bits per heavy atom. The maximum atomic E-state index is 13.1. The van der Waals surface area contributed by atoms with Gasteiger partial charge in [-0.05, 0) is 64.8 Å². The van der Waals surface area contributed by atoms with Crippen LogP contribution in [-0.2, 0) is 0 Å². The monoisotopic (exact) mass is 322 g/mol. The van der Waals surface area contributed by atoms with E-state index < -0.39 is 0 Å². The predicted octanol–water partition coefficient (Wildman–Crippen LogP) is 3.73. The highest BCUT2D eigenvalue weighted by Crippen LogP contribution is 2.25. The summed E-state index contributed by atoms with van der Waals surface area (Å²) in [6, 6.07) is 9.33. The van der Waals surface area contributed by atoms with Crippen LogP contribution in [0.5, 0.6) is 0 Å². The molecule has 5 heteroatoms. The van der Waals surface area contributed by atoms with Crippen molar-refractivity contribution in [1.29, 1.82) is 0 Å². The van der Waals surface area contributed by atoms with Gasteiger partial charge < -0.3 is 11.1 Å². The Morgan fingerprint density at radius 2 is 2.00 bits per heavy atom. The topological polar surface area (TPSA) is 55.1 Å². The molecular formula is C14H12BrFN2O. The first kappa shape index (κ1) is 13.5. The fourth-order valence-electron chi connectivity index (χ4n) is 1.61. The standard InChI is InChI=1S/C14H12BrFN2O/c1-8-6-9(2-4-12(8)16)14(19)18-13-5-3-10(17)7-11(13)15/h2-7H,17H2,1H3,(H,18,19). The van der Waals surface area contributed by atoms with Crippen molar-refractivity contribution < 1.29 is 9.18 Å². The molecular weight excluding hydrogens is 311 g/mol. The molecule has 0 unspecified atom stereocenters. The molecule has 0 saturated carbocycles. The number of benzene rings is 2. The molecule has 3 N–H and O–H groups in total. The minimum atomic E-state index is -0.329. The maximum absolute atomic E-state index is 13.1. The number of nitrogen functional groups attached to an aromatic ring is 1. The zero-order chi connectivity index (χ0) is 14.0. The summed E-state index contributed by atoms with van der Waals surface area (Å²) in [5, 5.41) is 2.74. The molecule has 0 spiro atoms. The van der Waals surface area contributed by atoms with Crippen molar-refractivity contribution in [1.82, 2.24) is 0 Å². The molecule has 0 heterocycles. The summed E-state index contributed by atoms with van der Waals surface area (Å²) in [6.07, 6.45) is 0. The first-order chi connectivity index (χ1) is 8.97. The number of nitrogens with one attached hydrogen (secondary N) is 1.